The van der Waals surface area contributed by atoms with Crippen LogP contribution in [0, 0.1) is 5.92 Å². The Labute approximate surface area is 198 Å². The van der Waals surface area contributed by atoms with Crippen LogP contribution in [0.25, 0.3) is 0 Å². The molecule has 1 aliphatic heterocycles. The van der Waals surface area contributed by atoms with E-state index in [1.807, 2.05) is 6.92 Å². The van der Waals surface area contributed by atoms with Crippen molar-refractivity contribution in [3.05, 3.63) is 53.1 Å². The van der Waals surface area contributed by atoms with E-state index < -0.39 is 23.6 Å². The number of aliphatic hydroxyl groups is 2. The third kappa shape index (κ3) is 5.13. The highest BCUT2D eigenvalue weighted by Gasteiger charge is 2.42. The molecule has 1 aliphatic rings. The number of carbonyl (C=O) groups is 1. The Bertz CT molecular complexity index is 1100. The molecule has 8 nitrogen and oxygen atoms in total. The molecule has 0 aliphatic carbocycles. The molecular formula is C26H32O8. The van der Waals surface area contributed by atoms with Gasteiger partial charge in [0, 0.05) is 23.3 Å². The number of hydrogen-bond donors (Lipinski definition) is 5. The number of phenolic OH excluding ortho intramolecular Hbond substituents is 3. The number of aromatic hydroxyl groups is 3. The lowest BCUT2D eigenvalue weighted by Gasteiger charge is -2.33. The average molecular weight is 473 g/mol. The number of ketones is 1. The quantitative estimate of drug-likeness (QED) is 0.366. The predicted molar refractivity (Wildman–Crippen MR) is 126 cm³/mol. The van der Waals surface area contributed by atoms with E-state index >= 15 is 0 Å². The van der Waals surface area contributed by atoms with Crippen molar-refractivity contribution in [3.63, 3.8) is 0 Å². The third-order valence-corrected chi connectivity index (χ3v) is 6.16. The van der Waals surface area contributed by atoms with Gasteiger partial charge in [0.1, 0.15) is 34.3 Å². The first kappa shape index (κ1) is 25.4. The standard InChI is InChI=1S/C26H32O8/c1-13(2)14(8-9-26(3,4)32)10-17-19(29)12-20(33-5)21-22(30)23(31)25(34-24(17)21)16-7-6-15(27)11-18(16)28/h6-7,11-12,14,23,25,27-29,31-32H,1,8-10H2,2-5H3/t14-,23-,25-/m0/s1. The van der Waals surface area contributed by atoms with Gasteiger partial charge < -0.3 is 35.0 Å². The van der Waals surface area contributed by atoms with E-state index in [4.69, 9.17) is 9.47 Å². The Balaban J connectivity index is 2.10. The number of fused-ring (bicyclic) bond motifs is 1. The molecule has 8 heteroatoms. The van der Waals surface area contributed by atoms with E-state index in [1.54, 1.807) is 13.8 Å². The van der Waals surface area contributed by atoms with Crippen LogP contribution in [-0.2, 0) is 6.42 Å². The smallest absolute Gasteiger partial charge is 0.202 e. The number of rotatable bonds is 8. The number of Topliss-reactive ketones (excluding diaryl/α,β-unsaturated/α-hetero) is 1. The topological polar surface area (TPSA) is 137 Å². The van der Waals surface area contributed by atoms with Gasteiger partial charge in [-0.05, 0) is 58.1 Å². The summed E-state index contributed by atoms with van der Waals surface area (Å²) in [6.07, 6.45) is -1.59. The van der Waals surface area contributed by atoms with Gasteiger partial charge in [-0.1, -0.05) is 12.2 Å². The molecule has 184 valence electrons. The summed E-state index contributed by atoms with van der Waals surface area (Å²) in [5.74, 6) is -1.39. The molecule has 34 heavy (non-hydrogen) atoms. The van der Waals surface area contributed by atoms with E-state index in [-0.39, 0.29) is 52.2 Å². The largest absolute Gasteiger partial charge is 0.508 e. The van der Waals surface area contributed by atoms with Gasteiger partial charge in [0.05, 0.1) is 12.7 Å². The summed E-state index contributed by atoms with van der Waals surface area (Å²) in [7, 11) is 1.34. The van der Waals surface area contributed by atoms with Crippen molar-refractivity contribution in [2.45, 2.75) is 57.8 Å². The maximum absolute atomic E-state index is 13.2. The molecule has 5 N–H and O–H groups in total. The molecule has 0 saturated carbocycles. The molecule has 0 saturated heterocycles. The van der Waals surface area contributed by atoms with Gasteiger partial charge in [0.2, 0.25) is 5.78 Å². The van der Waals surface area contributed by atoms with E-state index in [1.165, 1.54) is 25.3 Å². The van der Waals surface area contributed by atoms with Crippen LogP contribution in [0.5, 0.6) is 28.7 Å². The first-order valence-electron chi connectivity index (χ1n) is 11.1. The van der Waals surface area contributed by atoms with Gasteiger partial charge in [0.15, 0.2) is 12.2 Å². The van der Waals surface area contributed by atoms with E-state index in [2.05, 4.69) is 6.58 Å². The van der Waals surface area contributed by atoms with Crippen molar-refractivity contribution < 1.29 is 39.8 Å². The molecular weight excluding hydrogens is 440 g/mol. The minimum atomic E-state index is -1.65. The summed E-state index contributed by atoms with van der Waals surface area (Å²) in [4.78, 5) is 13.2. The number of phenols is 3. The number of ether oxygens (including phenoxy) is 2. The molecule has 0 spiro atoms. The minimum absolute atomic E-state index is 0.000251. The van der Waals surface area contributed by atoms with Crippen LogP contribution in [-0.4, -0.2) is 50.1 Å². The fourth-order valence-electron chi connectivity index (χ4n) is 4.16. The molecule has 0 unspecified atom stereocenters. The lowest BCUT2D eigenvalue weighted by Crippen LogP contribution is -2.37. The summed E-state index contributed by atoms with van der Waals surface area (Å²) in [6.45, 7) is 9.33. The summed E-state index contributed by atoms with van der Waals surface area (Å²) in [5, 5.41) is 51.7. The van der Waals surface area contributed by atoms with Crippen LogP contribution in [0.1, 0.15) is 61.2 Å². The zero-order valence-corrected chi connectivity index (χ0v) is 19.8. The van der Waals surface area contributed by atoms with Crippen LogP contribution in [0.3, 0.4) is 0 Å². The molecule has 1 heterocycles. The first-order valence-corrected chi connectivity index (χ1v) is 11.1. The molecule has 0 amide bonds. The number of carbonyl (C=O) groups excluding carboxylic acids is 1. The Morgan fingerprint density at radius 3 is 2.44 bits per heavy atom. The van der Waals surface area contributed by atoms with Gasteiger partial charge in [-0.2, -0.15) is 0 Å². The predicted octanol–water partition coefficient (Wildman–Crippen LogP) is 3.78. The summed E-state index contributed by atoms with van der Waals surface area (Å²) in [5.41, 5.74) is 0.398. The van der Waals surface area contributed by atoms with Gasteiger partial charge in [0.25, 0.3) is 0 Å². The normalized spacial score (nSPS) is 18.7. The third-order valence-electron chi connectivity index (χ3n) is 6.16. The highest BCUT2D eigenvalue weighted by atomic mass is 16.5. The second kappa shape index (κ2) is 9.56. The van der Waals surface area contributed by atoms with Crippen molar-refractivity contribution in [2.24, 2.45) is 5.92 Å². The van der Waals surface area contributed by atoms with Crippen LogP contribution in [0.15, 0.2) is 36.4 Å². The van der Waals surface area contributed by atoms with Crippen LogP contribution in [0.2, 0.25) is 0 Å². The second-order valence-electron chi connectivity index (χ2n) is 9.47. The lowest BCUT2D eigenvalue weighted by molar-refractivity contribution is 0.0197. The summed E-state index contributed by atoms with van der Waals surface area (Å²) < 4.78 is 11.4. The lowest BCUT2D eigenvalue weighted by atomic mass is 9.83. The van der Waals surface area contributed by atoms with Gasteiger partial charge in [-0.25, -0.2) is 0 Å². The molecule has 3 rings (SSSR count). The number of allylic oxidation sites excluding steroid dienone is 1. The van der Waals surface area contributed by atoms with Crippen molar-refractivity contribution in [3.8, 4) is 28.7 Å². The first-order chi connectivity index (χ1) is 15.8. The van der Waals surface area contributed by atoms with Crippen molar-refractivity contribution >= 4 is 5.78 Å². The molecule has 3 atom stereocenters. The van der Waals surface area contributed by atoms with E-state index in [0.29, 0.717) is 18.4 Å². The monoisotopic (exact) mass is 472 g/mol. The summed E-state index contributed by atoms with van der Waals surface area (Å²) in [6, 6.07) is 5.06. The van der Waals surface area contributed by atoms with Crippen LogP contribution in [0.4, 0.5) is 0 Å². The maximum atomic E-state index is 13.2. The Hall–Kier alpha value is -3.23. The zero-order chi connectivity index (χ0) is 25.4. The van der Waals surface area contributed by atoms with Crippen molar-refractivity contribution in [1.29, 1.82) is 0 Å². The molecule has 2 aromatic rings. The van der Waals surface area contributed by atoms with Crippen molar-refractivity contribution in [1.82, 2.24) is 0 Å². The Morgan fingerprint density at radius 2 is 1.88 bits per heavy atom. The van der Waals surface area contributed by atoms with Crippen molar-refractivity contribution in [2.75, 3.05) is 7.11 Å². The average Bonchev–Trinajstić information content (AvgIpc) is 2.73. The molecule has 0 bridgehead atoms. The highest BCUT2D eigenvalue weighted by Crippen LogP contribution is 2.48. The number of methoxy groups -OCH3 is 1. The summed E-state index contributed by atoms with van der Waals surface area (Å²) >= 11 is 0. The SMILES string of the molecule is C=C(C)[C@@H](CCC(C)(C)O)Cc1c(O)cc(OC)c2c1O[C@@H](c1ccc(O)cc1O)[C@@H](O)C2=O. The van der Waals surface area contributed by atoms with Gasteiger partial charge in [-0.15, -0.1) is 0 Å². The van der Waals surface area contributed by atoms with Crippen LogP contribution < -0.4 is 9.47 Å². The van der Waals surface area contributed by atoms with Gasteiger partial charge in [-0.3, -0.25) is 4.79 Å². The number of hydrogen-bond acceptors (Lipinski definition) is 8. The van der Waals surface area contributed by atoms with Gasteiger partial charge >= 0.3 is 0 Å². The maximum Gasteiger partial charge on any atom is 0.202 e. The number of aliphatic hydroxyl groups excluding tert-OH is 1. The second-order valence-corrected chi connectivity index (χ2v) is 9.47. The van der Waals surface area contributed by atoms with E-state index in [9.17, 15) is 30.3 Å². The highest BCUT2D eigenvalue weighted by molar-refractivity contribution is 6.06. The van der Waals surface area contributed by atoms with Crippen LogP contribution >= 0.6 is 0 Å². The molecule has 0 radical (unpaired) electrons. The fraction of sp³-hybridized carbons (Fsp3) is 0.423. The molecule has 0 aromatic heterocycles. The Kier molecular flexibility index (Phi) is 7.14. The fourth-order valence-corrected chi connectivity index (χ4v) is 4.16. The Morgan fingerprint density at radius 1 is 1.21 bits per heavy atom. The number of benzene rings is 2. The minimum Gasteiger partial charge on any atom is -0.508 e. The molecule has 2 aromatic carbocycles. The zero-order valence-electron chi connectivity index (χ0n) is 19.8. The van der Waals surface area contributed by atoms with E-state index in [0.717, 1.165) is 11.6 Å². The molecule has 0 fully saturated rings.